The fourth-order valence-electron chi connectivity index (χ4n) is 3.10. The molecule has 1 atom stereocenters. The molecule has 0 bridgehead atoms. The Morgan fingerprint density at radius 2 is 2.29 bits per heavy atom. The molecule has 0 saturated carbocycles. The maximum atomic E-state index is 12.1. The molecule has 1 amide bonds. The first kappa shape index (κ1) is 16.7. The first-order chi connectivity index (χ1) is 11.5. The van der Waals surface area contributed by atoms with Gasteiger partial charge in [0, 0.05) is 36.8 Å². The van der Waals surface area contributed by atoms with Gasteiger partial charge in [0.05, 0.1) is 24.9 Å². The Hall–Kier alpha value is -2.19. The van der Waals surface area contributed by atoms with Crippen molar-refractivity contribution in [3.05, 3.63) is 28.8 Å². The van der Waals surface area contributed by atoms with Crippen molar-refractivity contribution in [2.75, 3.05) is 31.6 Å². The number of rotatable bonds is 5. The number of carbonyl (C=O) groups is 1. The highest BCUT2D eigenvalue weighted by molar-refractivity contribution is 5.89. The molecule has 3 heterocycles. The summed E-state index contributed by atoms with van der Waals surface area (Å²) in [5.74, 6) is 1.05. The summed E-state index contributed by atoms with van der Waals surface area (Å²) in [6.07, 6.45) is 0.387. The molecular weight excluding hydrogens is 310 g/mol. The predicted molar refractivity (Wildman–Crippen MR) is 87.7 cm³/mol. The van der Waals surface area contributed by atoms with Crippen LogP contribution in [0.3, 0.4) is 0 Å². The molecule has 24 heavy (non-hydrogen) atoms. The number of hydrogen-bond acceptors (Lipinski definition) is 6. The van der Waals surface area contributed by atoms with Crippen LogP contribution in [0.25, 0.3) is 0 Å². The van der Waals surface area contributed by atoms with Gasteiger partial charge < -0.3 is 14.6 Å². The van der Waals surface area contributed by atoms with Crippen molar-refractivity contribution in [2.24, 2.45) is 0 Å². The number of anilines is 1. The lowest BCUT2D eigenvalue weighted by Crippen LogP contribution is -2.41. The van der Waals surface area contributed by atoms with Gasteiger partial charge >= 0.3 is 0 Å². The van der Waals surface area contributed by atoms with Gasteiger partial charge in [-0.2, -0.15) is 5.10 Å². The van der Waals surface area contributed by atoms with Crippen molar-refractivity contribution in [1.29, 1.82) is 0 Å². The third-order valence-electron chi connectivity index (χ3n) is 4.28. The van der Waals surface area contributed by atoms with Crippen molar-refractivity contribution in [3.63, 3.8) is 0 Å². The van der Waals surface area contributed by atoms with Gasteiger partial charge in [0.25, 0.3) is 0 Å². The van der Waals surface area contributed by atoms with Crippen molar-refractivity contribution >= 4 is 11.7 Å². The van der Waals surface area contributed by atoms with E-state index in [0.29, 0.717) is 37.8 Å². The summed E-state index contributed by atoms with van der Waals surface area (Å²) in [5, 5.41) is 13.8. The second kappa shape index (κ2) is 7.14. The number of nitrogens with zero attached hydrogens (tertiary/aromatic N) is 3. The molecule has 1 saturated heterocycles. The van der Waals surface area contributed by atoms with Crippen molar-refractivity contribution in [3.8, 4) is 0 Å². The number of hydrogen-bond donors (Lipinski definition) is 2. The average molecular weight is 333 g/mol. The monoisotopic (exact) mass is 333 g/mol. The summed E-state index contributed by atoms with van der Waals surface area (Å²) in [5.41, 5.74) is 3.20. The van der Waals surface area contributed by atoms with Crippen LogP contribution >= 0.6 is 0 Å². The Morgan fingerprint density at radius 3 is 2.96 bits per heavy atom. The molecule has 1 aliphatic heterocycles. The molecule has 2 aromatic rings. The number of carbonyl (C=O) groups excluding carboxylic acids is 1. The Labute approximate surface area is 140 Å². The SMILES string of the molecule is Cc1cc(NC(=O)CCN2CCOCC2c2c(C)n[nH]c2C)no1. The number of amides is 1. The van der Waals surface area contributed by atoms with Crippen LogP contribution in [0.5, 0.6) is 0 Å². The van der Waals surface area contributed by atoms with Crippen LogP contribution in [0.15, 0.2) is 10.6 Å². The topological polar surface area (TPSA) is 96.3 Å². The normalized spacial score (nSPS) is 18.7. The number of aromatic nitrogens is 3. The van der Waals surface area contributed by atoms with Crippen LogP contribution in [0.4, 0.5) is 5.82 Å². The number of aromatic amines is 1. The van der Waals surface area contributed by atoms with E-state index in [4.69, 9.17) is 9.26 Å². The molecule has 1 fully saturated rings. The van der Waals surface area contributed by atoms with Crippen LogP contribution in [0, 0.1) is 20.8 Å². The zero-order valence-corrected chi connectivity index (χ0v) is 14.3. The molecule has 8 heteroatoms. The van der Waals surface area contributed by atoms with Gasteiger partial charge in [0.15, 0.2) is 5.82 Å². The molecule has 0 spiro atoms. The van der Waals surface area contributed by atoms with Crippen LogP contribution in [0.2, 0.25) is 0 Å². The van der Waals surface area contributed by atoms with E-state index >= 15 is 0 Å². The third kappa shape index (κ3) is 3.65. The van der Waals surface area contributed by atoms with Crippen molar-refractivity contribution < 1.29 is 14.1 Å². The molecule has 1 unspecified atom stereocenters. The van der Waals surface area contributed by atoms with Crippen LogP contribution in [0.1, 0.15) is 35.2 Å². The number of ether oxygens (including phenoxy) is 1. The summed E-state index contributed by atoms with van der Waals surface area (Å²) in [4.78, 5) is 14.4. The number of H-pyrrole nitrogens is 1. The molecule has 0 radical (unpaired) electrons. The van der Waals surface area contributed by atoms with Gasteiger partial charge in [-0.1, -0.05) is 5.16 Å². The second-order valence-electron chi connectivity index (χ2n) is 6.10. The average Bonchev–Trinajstić information content (AvgIpc) is 3.11. The molecule has 0 aliphatic carbocycles. The molecule has 8 nitrogen and oxygen atoms in total. The summed E-state index contributed by atoms with van der Waals surface area (Å²) >= 11 is 0. The minimum absolute atomic E-state index is 0.0748. The molecule has 3 rings (SSSR count). The summed E-state index contributed by atoms with van der Waals surface area (Å²) < 4.78 is 10.6. The smallest absolute Gasteiger partial charge is 0.226 e. The van der Waals surface area contributed by atoms with Gasteiger partial charge in [0.1, 0.15) is 5.76 Å². The van der Waals surface area contributed by atoms with Gasteiger partial charge in [-0.05, 0) is 20.8 Å². The fourth-order valence-corrected chi connectivity index (χ4v) is 3.10. The van der Waals surface area contributed by atoms with Crippen LogP contribution in [-0.4, -0.2) is 52.5 Å². The molecule has 130 valence electrons. The number of nitrogens with one attached hydrogen (secondary N) is 2. The minimum atomic E-state index is -0.0748. The van der Waals surface area contributed by atoms with E-state index in [1.807, 2.05) is 13.8 Å². The Morgan fingerprint density at radius 1 is 1.46 bits per heavy atom. The zero-order valence-electron chi connectivity index (χ0n) is 14.3. The predicted octanol–water partition coefficient (Wildman–Crippen LogP) is 1.73. The Kier molecular flexibility index (Phi) is 4.96. The van der Waals surface area contributed by atoms with E-state index in [2.05, 4.69) is 25.6 Å². The fraction of sp³-hybridized carbons (Fsp3) is 0.562. The lowest BCUT2D eigenvalue weighted by Gasteiger charge is -2.35. The molecular formula is C16H23N5O3. The maximum absolute atomic E-state index is 12.1. The molecule has 2 aromatic heterocycles. The van der Waals surface area contributed by atoms with E-state index in [1.54, 1.807) is 13.0 Å². The van der Waals surface area contributed by atoms with E-state index in [-0.39, 0.29) is 11.9 Å². The van der Waals surface area contributed by atoms with Crippen LogP contribution in [-0.2, 0) is 9.53 Å². The van der Waals surface area contributed by atoms with Crippen LogP contribution < -0.4 is 5.32 Å². The largest absolute Gasteiger partial charge is 0.378 e. The lowest BCUT2D eigenvalue weighted by atomic mass is 10.0. The highest BCUT2D eigenvalue weighted by Crippen LogP contribution is 2.28. The summed E-state index contributed by atoms with van der Waals surface area (Å²) in [6, 6.07) is 1.83. The molecule has 2 N–H and O–H groups in total. The first-order valence-electron chi connectivity index (χ1n) is 8.11. The number of aryl methyl sites for hydroxylation is 3. The van der Waals surface area contributed by atoms with E-state index in [1.165, 1.54) is 5.56 Å². The van der Waals surface area contributed by atoms with Crippen molar-refractivity contribution in [1.82, 2.24) is 20.3 Å². The zero-order chi connectivity index (χ0) is 17.1. The summed E-state index contributed by atoms with van der Waals surface area (Å²) in [6.45, 7) is 8.54. The Balaban J connectivity index is 1.61. The second-order valence-corrected chi connectivity index (χ2v) is 6.10. The number of morpholine rings is 1. The van der Waals surface area contributed by atoms with Gasteiger partial charge in [-0.15, -0.1) is 0 Å². The van der Waals surface area contributed by atoms with Gasteiger partial charge in [-0.3, -0.25) is 14.8 Å². The van der Waals surface area contributed by atoms with Gasteiger partial charge in [0.2, 0.25) is 5.91 Å². The highest BCUT2D eigenvalue weighted by atomic mass is 16.5. The third-order valence-corrected chi connectivity index (χ3v) is 4.28. The quantitative estimate of drug-likeness (QED) is 0.865. The lowest BCUT2D eigenvalue weighted by molar-refractivity contribution is -0.117. The maximum Gasteiger partial charge on any atom is 0.226 e. The Bertz CT molecular complexity index is 689. The molecule has 0 aromatic carbocycles. The van der Waals surface area contributed by atoms with E-state index in [0.717, 1.165) is 17.9 Å². The van der Waals surface area contributed by atoms with Crippen molar-refractivity contribution in [2.45, 2.75) is 33.2 Å². The van der Waals surface area contributed by atoms with Gasteiger partial charge in [-0.25, -0.2) is 0 Å². The minimum Gasteiger partial charge on any atom is -0.378 e. The summed E-state index contributed by atoms with van der Waals surface area (Å²) in [7, 11) is 0. The first-order valence-corrected chi connectivity index (χ1v) is 8.11. The van der Waals surface area contributed by atoms with E-state index in [9.17, 15) is 4.79 Å². The standard InChI is InChI=1S/C16H23N5O3/c1-10-8-14(20-24-10)17-15(22)4-5-21-6-7-23-9-13(21)16-11(2)18-19-12(16)3/h8,13H,4-7,9H2,1-3H3,(H,18,19)(H,17,20,22). The van der Waals surface area contributed by atoms with E-state index < -0.39 is 0 Å². The molecule has 1 aliphatic rings. The highest BCUT2D eigenvalue weighted by Gasteiger charge is 2.28.